The second kappa shape index (κ2) is 10.4. The highest BCUT2D eigenvalue weighted by Gasteiger charge is 2.77. The molecule has 0 unspecified atom stereocenters. The Morgan fingerprint density at radius 1 is 1.12 bits per heavy atom. The monoisotopic (exact) mass is 566 g/mol. The Hall–Kier alpha value is -3.57. The second-order valence-electron chi connectivity index (χ2n) is 12.0. The van der Waals surface area contributed by atoms with Gasteiger partial charge in [-0.25, -0.2) is 4.79 Å². The van der Waals surface area contributed by atoms with Crippen LogP contribution in [0.5, 0.6) is 0 Å². The number of carbonyl (C=O) groups is 3. The Morgan fingerprint density at radius 2 is 1.76 bits per heavy atom. The third-order valence-electron chi connectivity index (χ3n) is 9.73. The Bertz CT molecular complexity index is 1460. The first-order valence-corrected chi connectivity index (χ1v) is 13.4. The first-order chi connectivity index (χ1) is 19.1. The highest BCUT2D eigenvalue weighted by atomic mass is 16.6. The van der Waals surface area contributed by atoms with Crippen LogP contribution < -0.4 is 0 Å². The molecule has 0 aromatic carbocycles. The summed E-state index contributed by atoms with van der Waals surface area (Å²) in [7, 11) is 0. The van der Waals surface area contributed by atoms with E-state index in [9.17, 15) is 29.7 Å². The topological polar surface area (TPSA) is 140 Å². The van der Waals surface area contributed by atoms with Gasteiger partial charge < -0.3 is 29.5 Å². The lowest BCUT2D eigenvalue weighted by atomic mass is 9.43. The van der Waals surface area contributed by atoms with E-state index in [2.05, 4.69) is 41.4 Å². The largest absolute Gasteiger partial charge is 0.454 e. The predicted molar refractivity (Wildman–Crippen MR) is 149 cm³/mol. The van der Waals surface area contributed by atoms with Crippen LogP contribution in [0.1, 0.15) is 57.2 Å². The van der Waals surface area contributed by atoms with Crippen LogP contribution >= 0.6 is 0 Å². The molecule has 9 nitrogen and oxygen atoms in total. The van der Waals surface area contributed by atoms with Gasteiger partial charge in [0.15, 0.2) is 5.60 Å². The van der Waals surface area contributed by atoms with Gasteiger partial charge in [-0.2, -0.15) is 0 Å². The van der Waals surface area contributed by atoms with E-state index < -0.39 is 76.0 Å². The van der Waals surface area contributed by atoms with Gasteiger partial charge in [0.2, 0.25) is 0 Å². The van der Waals surface area contributed by atoms with Crippen molar-refractivity contribution >= 4 is 17.7 Å². The van der Waals surface area contributed by atoms with Crippen molar-refractivity contribution in [2.24, 2.45) is 22.7 Å². The van der Waals surface area contributed by atoms with Crippen LogP contribution in [-0.4, -0.2) is 75.3 Å². The maximum atomic E-state index is 14.5. The maximum Gasteiger partial charge on any atom is 0.385 e. The quantitative estimate of drug-likeness (QED) is 0.195. The first-order valence-electron chi connectivity index (χ1n) is 13.4. The van der Waals surface area contributed by atoms with E-state index in [1.54, 1.807) is 34.6 Å². The zero-order valence-corrected chi connectivity index (χ0v) is 24.0. The molecule has 41 heavy (non-hydrogen) atoms. The molecule has 3 aliphatic carbocycles. The lowest BCUT2D eigenvalue weighted by Crippen LogP contribution is -2.81. The molecular weight excluding hydrogens is 528 g/mol. The summed E-state index contributed by atoms with van der Waals surface area (Å²) in [4.78, 5) is 40.1. The van der Waals surface area contributed by atoms with E-state index >= 15 is 0 Å². The van der Waals surface area contributed by atoms with Gasteiger partial charge in [0.1, 0.15) is 23.6 Å². The van der Waals surface area contributed by atoms with Crippen LogP contribution in [0.4, 0.5) is 0 Å². The summed E-state index contributed by atoms with van der Waals surface area (Å²) >= 11 is 0. The summed E-state index contributed by atoms with van der Waals surface area (Å²) in [5.41, 5.74) is -5.35. The number of hydrogen-bond acceptors (Lipinski definition) is 9. The second-order valence-corrected chi connectivity index (χ2v) is 12.0. The summed E-state index contributed by atoms with van der Waals surface area (Å²) in [5.74, 6) is 11.8. The van der Waals surface area contributed by atoms with Gasteiger partial charge in [0.25, 0.3) is 0 Å². The molecule has 0 aromatic rings. The maximum absolute atomic E-state index is 14.5. The number of terminal acetylenes is 1. The number of esters is 2. The number of rotatable bonds is 2. The highest BCUT2D eigenvalue weighted by molar-refractivity contribution is 5.92. The molecule has 0 aromatic heterocycles. The zero-order valence-electron chi connectivity index (χ0n) is 24.0. The van der Waals surface area contributed by atoms with Gasteiger partial charge in [-0.15, -0.1) is 6.42 Å². The van der Waals surface area contributed by atoms with Crippen LogP contribution in [0.2, 0.25) is 0 Å². The van der Waals surface area contributed by atoms with Gasteiger partial charge in [0.05, 0.1) is 30.1 Å². The molecule has 0 radical (unpaired) electrons. The summed E-state index contributed by atoms with van der Waals surface area (Å²) in [6.45, 7) is 9.43. The fourth-order valence-corrected chi connectivity index (χ4v) is 7.76. The zero-order chi connectivity index (χ0) is 30.5. The van der Waals surface area contributed by atoms with E-state index in [1.807, 2.05) is 0 Å². The van der Waals surface area contributed by atoms with Crippen LogP contribution in [0.3, 0.4) is 0 Å². The molecule has 9 heteroatoms. The number of aliphatic hydroxyl groups is 3. The molecule has 0 spiro atoms. The number of ketones is 1. The molecular formula is C32H38O9. The average molecular weight is 567 g/mol. The fraction of sp³-hybridized carbons (Fsp3) is 0.594. The van der Waals surface area contributed by atoms with Crippen molar-refractivity contribution in [3.8, 4) is 47.9 Å². The number of fused-ring (bicyclic) bond motifs is 5. The molecule has 4 aliphatic rings. The Balaban J connectivity index is 0.00000323. The van der Waals surface area contributed by atoms with Gasteiger partial charge in [-0.1, -0.05) is 20.8 Å². The fourth-order valence-electron chi connectivity index (χ4n) is 7.76. The SMILES string of the molecule is C#CC#CC#CC#CC(=O)O[C@H]1[C@@H]2[C@]3(OC(C)=O)CO[C@@H]3C[C@@H](O)[C@@]2(C)C(=O)[C@H](C)C2=C(C)[C@@H](O)C[C@]1(O)C2(C)C.[HH].[HH]. The Morgan fingerprint density at radius 3 is 2.34 bits per heavy atom. The molecule has 9 atom stereocenters. The minimum atomic E-state index is -1.99. The lowest BCUT2D eigenvalue weighted by Gasteiger charge is -2.67. The summed E-state index contributed by atoms with van der Waals surface area (Å²) in [6, 6.07) is 0. The minimum absolute atomic E-state index is 0. The van der Waals surface area contributed by atoms with E-state index in [-0.39, 0.29) is 22.3 Å². The predicted octanol–water partition coefficient (Wildman–Crippen LogP) is 1.18. The number of hydrogen-bond donors (Lipinski definition) is 3. The molecule has 3 N–H and O–H groups in total. The van der Waals surface area contributed by atoms with Crippen molar-refractivity contribution in [3.63, 3.8) is 0 Å². The van der Waals surface area contributed by atoms with Gasteiger partial charge in [0, 0.05) is 39.9 Å². The molecule has 0 amide bonds. The van der Waals surface area contributed by atoms with Gasteiger partial charge >= 0.3 is 11.9 Å². The smallest absolute Gasteiger partial charge is 0.385 e. The van der Waals surface area contributed by atoms with Crippen molar-refractivity contribution in [2.45, 2.75) is 90.0 Å². The normalized spacial score (nSPS) is 40.0. The molecule has 4 rings (SSSR count). The molecule has 3 fully saturated rings. The van der Waals surface area contributed by atoms with E-state index in [4.69, 9.17) is 20.6 Å². The van der Waals surface area contributed by atoms with E-state index in [0.717, 1.165) is 0 Å². The minimum Gasteiger partial charge on any atom is -0.454 e. The molecule has 1 aliphatic heterocycles. The van der Waals surface area contributed by atoms with Crippen LogP contribution in [0.15, 0.2) is 11.1 Å². The summed E-state index contributed by atoms with van der Waals surface area (Å²) in [5, 5.41) is 35.3. The summed E-state index contributed by atoms with van der Waals surface area (Å²) in [6.07, 6.45) is -0.0892. The Kier molecular flexibility index (Phi) is 7.68. The molecule has 220 valence electrons. The van der Waals surface area contributed by atoms with Crippen molar-refractivity contribution in [3.05, 3.63) is 11.1 Å². The summed E-state index contributed by atoms with van der Waals surface area (Å²) < 4.78 is 17.6. The molecule has 2 bridgehead atoms. The van der Waals surface area contributed by atoms with Gasteiger partial charge in [-0.05, 0) is 60.5 Å². The third kappa shape index (κ3) is 4.37. The van der Waals surface area contributed by atoms with Crippen molar-refractivity contribution in [2.75, 3.05) is 6.61 Å². The highest BCUT2D eigenvalue weighted by Crippen LogP contribution is 2.64. The van der Waals surface area contributed by atoms with E-state index in [0.29, 0.717) is 11.1 Å². The van der Waals surface area contributed by atoms with Crippen molar-refractivity contribution in [1.82, 2.24) is 0 Å². The van der Waals surface area contributed by atoms with Gasteiger partial charge in [-0.3, -0.25) is 9.59 Å². The Labute approximate surface area is 243 Å². The van der Waals surface area contributed by atoms with E-state index in [1.165, 1.54) is 6.92 Å². The number of Topliss-reactive ketones (excluding diaryl/α,β-unsaturated/α-hetero) is 1. The van der Waals surface area contributed by atoms with Crippen molar-refractivity contribution in [1.29, 1.82) is 0 Å². The third-order valence-corrected chi connectivity index (χ3v) is 9.73. The number of carbonyl (C=O) groups excluding carboxylic acids is 3. The average Bonchev–Trinajstić information content (AvgIpc) is 2.88. The molecule has 1 saturated heterocycles. The number of aliphatic hydroxyl groups excluding tert-OH is 2. The molecule has 1 heterocycles. The standard InChI is InChI=1S/C32H34O9.2H2/c1-8-9-10-11-12-13-14-24(36)40-28-26-30(7,22(35)15-23-31(26,17-39-23)41-20(4)33)27(37)19(3)25-18(2)21(34)16-32(28,38)29(25,5)6;;/h1,19,21-23,26,28,34-35,38H,15-17H2,2-7H3;2*1H/t19-,21+,22-,23-,26+,28+,30-,31+,32-;;/m1../s1. The molecule has 2 saturated carbocycles. The van der Waals surface area contributed by atoms with Crippen LogP contribution in [0.25, 0.3) is 0 Å². The number of ether oxygens (including phenoxy) is 3. The van der Waals surface area contributed by atoms with Crippen LogP contribution in [-0.2, 0) is 28.6 Å². The van der Waals surface area contributed by atoms with Crippen LogP contribution in [0, 0.1) is 70.5 Å². The van der Waals surface area contributed by atoms with Crippen molar-refractivity contribution < 1.29 is 46.8 Å². The first kappa shape index (κ1) is 30.4. The lowest BCUT2D eigenvalue weighted by molar-refractivity contribution is -0.346.